The Morgan fingerprint density at radius 2 is 2.07 bits per heavy atom. The van der Waals surface area contributed by atoms with E-state index in [2.05, 4.69) is 17.0 Å². The molecule has 2 nitrogen and oxygen atoms in total. The Hall–Kier alpha value is -1.25. The lowest BCUT2D eigenvalue weighted by atomic mass is 9.65. The van der Waals surface area contributed by atoms with Crippen LogP contribution in [0.4, 0.5) is 5.69 Å². The van der Waals surface area contributed by atoms with Crippen molar-refractivity contribution in [3.8, 4) is 0 Å². The van der Waals surface area contributed by atoms with Gasteiger partial charge in [-0.05, 0) is 12.5 Å². The van der Waals surface area contributed by atoms with Gasteiger partial charge in [-0.3, -0.25) is 0 Å². The molecule has 1 aromatic rings. The summed E-state index contributed by atoms with van der Waals surface area (Å²) in [5.74, 6) is 0. The quantitative estimate of drug-likeness (QED) is 0.388. The van der Waals surface area contributed by atoms with Gasteiger partial charge in [0.25, 0.3) is 0 Å². The Balaban J connectivity index is 2.69. The first-order chi connectivity index (χ1) is 6.75. The number of hydrogen-bond donors (Lipinski definition) is 0. The fraction of sp³-hybridized carbons (Fsp3) is 0.364. The van der Waals surface area contributed by atoms with E-state index in [1.165, 1.54) is 11.2 Å². The fourth-order valence-electron chi connectivity index (χ4n) is 1.53. The Labute approximate surface area is 86.2 Å². The predicted molar refractivity (Wildman–Crippen MR) is 63.0 cm³/mol. The summed E-state index contributed by atoms with van der Waals surface area (Å²) >= 11 is 0. The molecular formula is C11H16BNO. The summed E-state index contributed by atoms with van der Waals surface area (Å²) in [7, 11) is 5.06. The molecule has 0 saturated carbocycles. The van der Waals surface area contributed by atoms with Gasteiger partial charge in [-0.2, -0.15) is 0 Å². The lowest BCUT2D eigenvalue weighted by Gasteiger charge is -2.16. The van der Waals surface area contributed by atoms with Gasteiger partial charge in [0.1, 0.15) is 6.29 Å². The monoisotopic (exact) mass is 189 g/mol. The van der Waals surface area contributed by atoms with Gasteiger partial charge in [-0.15, -0.1) is 0 Å². The van der Waals surface area contributed by atoms with E-state index in [1.54, 1.807) is 0 Å². The van der Waals surface area contributed by atoms with Crippen LogP contribution in [-0.4, -0.2) is 27.7 Å². The standard InChI is InChI=1S/C11H16BNO/c1-13(2)11-7-4-3-6-10(11)12-8-5-9-14/h3-4,6-7,9,12H,5,8H2,1-2H3. The molecule has 14 heavy (non-hydrogen) atoms. The highest BCUT2D eigenvalue weighted by Crippen LogP contribution is 2.06. The number of carbonyl (C=O) groups excluding carboxylic acids is 1. The Bertz CT molecular complexity index is 299. The van der Waals surface area contributed by atoms with Crippen molar-refractivity contribution in [1.29, 1.82) is 0 Å². The van der Waals surface area contributed by atoms with E-state index < -0.39 is 0 Å². The number of carbonyl (C=O) groups is 1. The van der Waals surface area contributed by atoms with Crippen molar-refractivity contribution in [1.82, 2.24) is 0 Å². The van der Waals surface area contributed by atoms with Crippen LogP contribution in [0, 0.1) is 0 Å². The second-order valence-electron chi connectivity index (χ2n) is 3.58. The van der Waals surface area contributed by atoms with E-state index in [0.717, 1.165) is 19.9 Å². The first-order valence-corrected chi connectivity index (χ1v) is 4.94. The lowest BCUT2D eigenvalue weighted by Crippen LogP contribution is -2.23. The van der Waals surface area contributed by atoms with Gasteiger partial charge in [0.15, 0.2) is 7.28 Å². The van der Waals surface area contributed by atoms with Crippen LogP contribution in [0.15, 0.2) is 24.3 Å². The van der Waals surface area contributed by atoms with Gasteiger partial charge in [-0.1, -0.05) is 30.0 Å². The van der Waals surface area contributed by atoms with E-state index in [9.17, 15) is 4.79 Å². The summed E-state index contributed by atoms with van der Waals surface area (Å²) in [4.78, 5) is 12.3. The van der Waals surface area contributed by atoms with Crippen LogP contribution in [-0.2, 0) is 4.79 Å². The van der Waals surface area contributed by atoms with Gasteiger partial charge in [0.2, 0.25) is 0 Å². The summed E-state index contributed by atoms with van der Waals surface area (Å²) in [6.07, 6.45) is 2.58. The molecule has 1 rings (SSSR count). The van der Waals surface area contributed by atoms with Crippen molar-refractivity contribution < 1.29 is 4.79 Å². The average molecular weight is 189 g/mol. The van der Waals surface area contributed by atoms with Crippen molar-refractivity contribution in [2.24, 2.45) is 0 Å². The summed E-state index contributed by atoms with van der Waals surface area (Å²) in [6.45, 7) is 0. The summed E-state index contributed by atoms with van der Waals surface area (Å²) < 4.78 is 0. The second-order valence-corrected chi connectivity index (χ2v) is 3.58. The van der Waals surface area contributed by atoms with E-state index >= 15 is 0 Å². The predicted octanol–water partition coefficient (Wildman–Crippen LogP) is 0.822. The minimum Gasteiger partial charge on any atom is -0.378 e. The maximum Gasteiger partial charge on any atom is 0.160 e. The van der Waals surface area contributed by atoms with Crippen LogP contribution in [0.5, 0.6) is 0 Å². The first-order valence-electron chi connectivity index (χ1n) is 4.94. The Kier molecular flexibility index (Phi) is 4.24. The SMILES string of the molecule is CN(C)c1ccccc1BCCC=O. The van der Waals surface area contributed by atoms with Gasteiger partial charge >= 0.3 is 0 Å². The van der Waals surface area contributed by atoms with E-state index in [1.807, 2.05) is 26.2 Å². The number of aldehydes is 1. The number of rotatable bonds is 5. The zero-order chi connectivity index (χ0) is 10.4. The molecule has 0 aliphatic carbocycles. The number of nitrogens with zero attached hydrogens (tertiary/aromatic N) is 1. The second kappa shape index (κ2) is 5.48. The maximum atomic E-state index is 10.2. The average Bonchev–Trinajstić information content (AvgIpc) is 2.19. The molecule has 3 heteroatoms. The van der Waals surface area contributed by atoms with Crippen LogP contribution < -0.4 is 10.4 Å². The molecular weight excluding hydrogens is 173 g/mol. The maximum absolute atomic E-state index is 10.2. The molecule has 1 aromatic carbocycles. The van der Waals surface area contributed by atoms with Gasteiger partial charge in [0.05, 0.1) is 0 Å². The Morgan fingerprint density at radius 1 is 1.36 bits per heavy atom. The van der Waals surface area contributed by atoms with Gasteiger partial charge < -0.3 is 9.69 Å². The zero-order valence-corrected chi connectivity index (χ0v) is 8.86. The molecule has 0 aliphatic heterocycles. The lowest BCUT2D eigenvalue weighted by molar-refractivity contribution is -0.107. The van der Waals surface area contributed by atoms with Crippen LogP contribution >= 0.6 is 0 Å². The van der Waals surface area contributed by atoms with Crippen molar-refractivity contribution in [3.05, 3.63) is 24.3 Å². The molecule has 74 valence electrons. The van der Waals surface area contributed by atoms with Crippen LogP contribution in [0.3, 0.4) is 0 Å². The third-order valence-electron chi connectivity index (χ3n) is 2.24. The van der Waals surface area contributed by atoms with Crippen molar-refractivity contribution >= 4 is 24.7 Å². The molecule has 0 fully saturated rings. The van der Waals surface area contributed by atoms with E-state index in [0.29, 0.717) is 6.42 Å². The highest BCUT2D eigenvalue weighted by atomic mass is 16.1. The highest BCUT2D eigenvalue weighted by Gasteiger charge is 2.03. The molecule has 0 aromatic heterocycles. The van der Waals surface area contributed by atoms with Crippen molar-refractivity contribution in [2.75, 3.05) is 19.0 Å². The molecule has 0 radical (unpaired) electrons. The topological polar surface area (TPSA) is 20.3 Å². The molecule has 0 aliphatic rings. The van der Waals surface area contributed by atoms with E-state index in [-0.39, 0.29) is 0 Å². The summed E-state index contributed by atoms with van der Waals surface area (Å²) in [5, 5.41) is 0. The van der Waals surface area contributed by atoms with Crippen LogP contribution in [0.2, 0.25) is 6.32 Å². The fourth-order valence-corrected chi connectivity index (χ4v) is 1.53. The van der Waals surface area contributed by atoms with Gasteiger partial charge in [-0.25, -0.2) is 0 Å². The first kappa shape index (κ1) is 10.8. The summed E-state index contributed by atoms with van der Waals surface area (Å²) in [5.41, 5.74) is 2.57. The van der Waals surface area contributed by atoms with E-state index in [4.69, 9.17) is 0 Å². The molecule has 0 unspecified atom stereocenters. The molecule has 0 atom stereocenters. The zero-order valence-electron chi connectivity index (χ0n) is 8.86. The highest BCUT2D eigenvalue weighted by molar-refractivity contribution is 6.55. The number of hydrogen-bond acceptors (Lipinski definition) is 2. The smallest absolute Gasteiger partial charge is 0.160 e. The number of anilines is 1. The van der Waals surface area contributed by atoms with Crippen LogP contribution in [0.25, 0.3) is 0 Å². The third kappa shape index (κ3) is 2.91. The Morgan fingerprint density at radius 3 is 2.71 bits per heavy atom. The molecule has 0 spiro atoms. The molecule has 0 N–H and O–H groups in total. The van der Waals surface area contributed by atoms with Crippen LogP contribution in [0.1, 0.15) is 6.42 Å². The largest absolute Gasteiger partial charge is 0.378 e. The molecule has 0 heterocycles. The third-order valence-corrected chi connectivity index (χ3v) is 2.24. The molecule has 0 amide bonds. The number of benzene rings is 1. The minimum atomic E-state index is 0.655. The molecule has 0 bridgehead atoms. The normalized spacial score (nSPS) is 9.57. The van der Waals surface area contributed by atoms with Crippen molar-refractivity contribution in [2.45, 2.75) is 12.7 Å². The molecule has 0 saturated heterocycles. The summed E-state index contributed by atoms with van der Waals surface area (Å²) in [6, 6.07) is 8.32. The van der Waals surface area contributed by atoms with Crippen molar-refractivity contribution in [3.63, 3.8) is 0 Å². The number of para-hydroxylation sites is 1. The van der Waals surface area contributed by atoms with Gasteiger partial charge in [0, 0.05) is 19.8 Å². The minimum absolute atomic E-state index is 0.655.